The molecule has 3 nitrogen and oxygen atoms in total. The minimum atomic E-state index is -0.336. The van der Waals surface area contributed by atoms with E-state index in [9.17, 15) is 4.39 Å². The van der Waals surface area contributed by atoms with Gasteiger partial charge in [0.25, 0.3) is 0 Å². The molecule has 1 aliphatic rings. The molecule has 0 amide bonds. The summed E-state index contributed by atoms with van der Waals surface area (Å²) in [6.07, 6.45) is 5.71. The van der Waals surface area contributed by atoms with Crippen LogP contribution in [-0.4, -0.2) is 17.0 Å². The molecule has 1 N–H and O–H groups in total. The molecule has 0 spiro atoms. The Hall–Kier alpha value is -1.58. The summed E-state index contributed by atoms with van der Waals surface area (Å²) in [5.41, 5.74) is 1.08. The van der Waals surface area contributed by atoms with Crippen molar-refractivity contribution in [3.8, 4) is 5.75 Å². The lowest BCUT2D eigenvalue weighted by Crippen LogP contribution is -2.25. The molecule has 2 unspecified atom stereocenters. The summed E-state index contributed by atoms with van der Waals surface area (Å²) in [4.78, 5) is 0. The summed E-state index contributed by atoms with van der Waals surface area (Å²) in [6.45, 7) is 3.87. The van der Waals surface area contributed by atoms with Crippen LogP contribution in [0.4, 0.5) is 4.39 Å². The first-order valence-electron chi connectivity index (χ1n) is 7.29. The SMILES string of the molecule is CCC1CCCC(Oc2cc(F)ccc2C(C)=NO)C1. The van der Waals surface area contributed by atoms with Crippen LogP contribution in [0.1, 0.15) is 51.5 Å². The van der Waals surface area contributed by atoms with Crippen molar-refractivity contribution in [1.82, 2.24) is 0 Å². The monoisotopic (exact) mass is 279 g/mol. The smallest absolute Gasteiger partial charge is 0.131 e. The molecule has 110 valence electrons. The fourth-order valence-corrected chi connectivity index (χ4v) is 2.85. The second kappa shape index (κ2) is 6.73. The summed E-state index contributed by atoms with van der Waals surface area (Å²) < 4.78 is 19.4. The molecule has 1 aromatic carbocycles. The van der Waals surface area contributed by atoms with E-state index < -0.39 is 0 Å². The van der Waals surface area contributed by atoms with Crippen LogP contribution in [0.15, 0.2) is 23.4 Å². The van der Waals surface area contributed by atoms with Crippen LogP contribution in [0.5, 0.6) is 5.75 Å². The molecule has 1 fully saturated rings. The van der Waals surface area contributed by atoms with E-state index in [4.69, 9.17) is 9.94 Å². The molecule has 20 heavy (non-hydrogen) atoms. The maximum atomic E-state index is 13.4. The molecular formula is C16H22FNO2. The first-order chi connectivity index (χ1) is 9.63. The zero-order valence-corrected chi connectivity index (χ0v) is 12.1. The predicted molar refractivity (Wildman–Crippen MR) is 77.1 cm³/mol. The Morgan fingerprint density at radius 1 is 1.45 bits per heavy atom. The topological polar surface area (TPSA) is 41.8 Å². The van der Waals surface area contributed by atoms with Crippen LogP contribution < -0.4 is 4.74 Å². The Bertz CT molecular complexity index is 487. The lowest BCUT2D eigenvalue weighted by Gasteiger charge is -2.29. The molecule has 0 heterocycles. The van der Waals surface area contributed by atoms with E-state index in [2.05, 4.69) is 12.1 Å². The fraction of sp³-hybridized carbons (Fsp3) is 0.562. The van der Waals surface area contributed by atoms with Crippen LogP contribution in [0.3, 0.4) is 0 Å². The number of hydrogen-bond donors (Lipinski definition) is 1. The van der Waals surface area contributed by atoms with E-state index in [1.54, 1.807) is 13.0 Å². The minimum Gasteiger partial charge on any atom is -0.490 e. The van der Waals surface area contributed by atoms with Crippen LogP contribution in [0, 0.1) is 11.7 Å². The Morgan fingerprint density at radius 3 is 2.95 bits per heavy atom. The molecule has 1 aromatic rings. The Kier molecular flexibility index (Phi) is 4.99. The van der Waals surface area contributed by atoms with Gasteiger partial charge in [0.1, 0.15) is 11.6 Å². The Balaban J connectivity index is 2.17. The van der Waals surface area contributed by atoms with E-state index in [1.807, 2.05) is 0 Å². The highest BCUT2D eigenvalue weighted by Crippen LogP contribution is 2.31. The molecule has 4 heteroatoms. The molecule has 1 aliphatic carbocycles. The van der Waals surface area contributed by atoms with E-state index in [0.717, 1.165) is 25.7 Å². The van der Waals surface area contributed by atoms with Crippen molar-refractivity contribution in [2.45, 2.75) is 52.1 Å². The summed E-state index contributed by atoms with van der Waals surface area (Å²) in [5.74, 6) is 0.831. The lowest BCUT2D eigenvalue weighted by atomic mass is 9.85. The van der Waals surface area contributed by atoms with Crippen LogP contribution >= 0.6 is 0 Å². The Labute approximate surface area is 119 Å². The number of benzene rings is 1. The molecule has 0 aromatic heterocycles. The molecule has 2 rings (SSSR count). The highest BCUT2D eigenvalue weighted by Gasteiger charge is 2.23. The average Bonchev–Trinajstić information content (AvgIpc) is 2.47. The first-order valence-corrected chi connectivity index (χ1v) is 7.29. The number of nitrogens with zero attached hydrogens (tertiary/aromatic N) is 1. The number of hydrogen-bond acceptors (Lipinski definition) is 3. The van der Waals surface area contributed by atoms with Gasteiger partial charge in [0.2, 0.25) is 0 Å². The molecule has 0 saturated heterocycles. The summed E-state index contributed by atoms with van der Waals surface area (Å²) >= 11 is 0. The van der Waals surface area contributed by atoms with Gasteiger partial charge in [-0.3, -0.25) is 0 Å². The number of ether oxygens (including phenoxy) is 1. The van der Waals surface area contributed by atoms with Crippen molar-refractivity contribution in [2.75, 3.05) is 0 Å². The van der Waals surface area contributed by atoms with Gasteiger partial charge in [-0.1, -0.05) is 24.9 Å². The van der Waals surface area contributed by atoms with Gasteiger partial charge >= 0.3 is 0 Å². The quantitative estimate of drug-likeness (QED) is 0.505. The molecular weight excluding hydrogens is 257 g/mol. The standard InChI is InChI=1S/C16H22FNO2/c1-3-12-5-4-6-14(9-12)20-16-10-13(17)7-8-15(16)11(2)18-19/h7-8,10,12,14,19H,3-6,9H2,1-2H3. The minimum absolute atomic E-state index is 0.126. The molecule has 0 aliphatic heterocycles. The van der Waals surface area contributed by atoms with Crippen molar-refractivity contribution in [3.05, 3.63) is 29.6 Å². The van der Waals surface area contributed by atoms with Gasteiger partial charge in [0.05, 0.1) is 11.8 Å². The number of rotatable bonds is 4. The average molecular weight is 279 g/mol. The zero-order valence-electron chi connectivity index (χ0n) is 12.1. The van der Waals surface area contributed by atoms with Crippen molar-refractivity contribution in [1.29, 1.82) is 0 Å². The van der Waals surface area contributed by atoms with E-state index >= 15 is 0 Å². The zero-order chi connectivity index (χ0) is 14.5. The van der Waals surface area contributed by atoms with Gasteiger partial charge in [0, 0.05) is 11.6 Å². The number of oxime groups is 1. The van der Waals surface area contributed by atoms with Crippen molar-refractivity contribution >= 4 is 5.71 Å². The van der Waals surface area contributed by atoms with Crippen LogP contribution in [0.25, 0.3) is 0 Å². The molecule has 2 atom stereocenters. The van der Waals surface area contributed by atoms with Gasteiger partial charge in [-0.15, -0.1) is 0 Å². The first kappa shape index (κ1) is 14.8. The maximum absolute atomic E-state index is 13.4. The molecule has 0 radical (unpaired) electrons. The fourth-order valence-electron chi connectivity index (χ4n) is 2.85. The normalized spacial score (nSPS) is 23.6. The molecule has 1 saturated carbocycles. The van der Waals surface area contributed by atoms with E-state index in [0.29, 0.717) is 22.9 Å². The van der Waals surface area contributed by atoms with Gasteiger partial charge in [-0.05, 0) is 44.2 Å². The number of halogens is 1. The third-order valence-electron chi connectivity index (χ3n) is 4.09. The van der Waals surface area contributed by atoms with Gasteiger partial charge in [-0.2, -0.15) is 0 Å². The van der Waals surface area contributed by atoms with Crippen LogP contribution in [0.2, 0.25) is 0 Å². The third-order valence-corrected chi connectivity index (χ3v) is 4.09. The largest absolute Gasteiger partial charge is 0.490 e. The van der Waals surface area contributed by atoms with Crippen molar-refractivity contribution in [2.24, 2.45) is 11.1 Å². The molecule has 0 bridgehead atoms. The predicted octanol–water partition coefficient (Wildman–Crippen LogP) is 4.37. The lowest BCUT2D eigenvalue weighted by molar-refractivity contribution is 0.121. The summed E-state index contributed by atoms with van der Waals surface area (Å²) in [5, 5.41) is 12.1. The van der Waals surface area contributed by atoms with E-state index in [-0.39, 0.29) is 11.9 Å². The Morgan fingerprint density at radius 2 is 2.25 bits per heavy atom. The van der Waals surface area contributed by atoms with Crippen LogP contribution in [-0.2, 0) is 0 Å². The second-order valence-corrected chi connectivity index (χ2v) is 5.51. The van der Waals surface area contributed by atoms with Crippen molar-refractivity contribution in [3.63, 3.8) is 0 Å². The summed E-state index contributed by atoms with van der Waals surface area (Å²) in [6, 6.07) is 4.33. The maximum Gasteiger partial charge on any atom is 0.131 e. The summed E-state index contributed by atoms with van der Waals surface area (Å²) in [7, 11) is 0. The van der Waals surface area contributed by atoms with E-state index in [1.165, 1.54) is 18.6 Å². The third kappa shape index (κ3) is 3.50. The van der Waals surface area contributed by atoms with Gasteiger partial charge < -0.3 is 9.94 Å². The van der Waals surface area contributed by atoms with Gasteiger partial charge in [0.15, 0.2) is 0 Å². The highest BCUT2D eigenvalue weighted by atomic mass is 19.1. The highest BCUT2D eigenvalue weighted by molar-refractivity contribution is 6.00. The van der Waals surface area contributed by atoms with Gasteiger partial charge in [-0.25, -0.2) is 4.39 Å². The van der Waals surface area contributed by atoms with Crippen molar-refractivity contribution < 1.29 is 14.3 Å². The second-order valence-electron chi connectivity index (χ2n) is 5.51.